The van der Waals surface area contributed by atoms with Crippen LogP contribution in [-0.2, 0) is 6.42 Å². The Bertz CT molecular complexity index is 1050. The first-order valence-electron chi connectivity index (χ1n) is 8.70. The molecule has 0 aliphatic carbocycles. The minimum absolute atomic E-state index is 0.177. The van der Waals surface area contributed by atoms with Crippen molar-refractivity contribution in [3.05, 3.63) is 76.7 Å². The number of carbonyl (C=O) groups is 2. The fourth-order valence-electron chi connectivity index (χ4n) is 3.28. The first kappa shape index (κ1) is 18.1. The van der Waals surface area contributed by atoms with Crippen molar-refractivity contribution in [3.63, 3.8) is 0 Å². The Hall–Kier alpha value is -3.25. The van der Waals surface area contributed by atoms with Crippen molar-refractivity contribution in [1.29, 1.82) is 0 Å². The van der Waals surface area contributed by atoms with Gasteiger partial charge in [0, 0.05) is 22.9 Å². The second-order valence-electron chi connectivity index (χ2n) is 6.33. The number of carbonyl (C=O) groups excluding carboxylic acids is 2. The van der Waals surface area contributed by atoms with E-state index in [1.165, 1.54) is 13.4 Å². The summed E-state index contributed by atoms with van der Waals surface area (Å²) in [4.78, 5) is 26.9. The van der Waals surface area contributed by atoms with Gasteiger partial charge in [-0.05, 0) is 60.5 Å². The SMILES string of the molecule is COc1ccc(Cl)cc1C(=O)Nc1ccc2c(c1)CCN2C(=O)c1ccco1. The summed E-state index contributed by atoms with van der Waals surface area (Å²) in [5.74, 6) is 0.251. The summed E-state index contributed by atoms with van der Waals surface area (Å²) in [5.41, 5.74) is 2.79. The summed E-state index contributed by atoms with van der Waals surface area (Å²) in [6.45, 7) is 0.564. The molecule has 142 valence electrons. The van der Waals surface area contributed by atoms with Crippen LogP contribution in [0.2, 0.25) is 5.02 Å². The minimum Gasteiger partial charge on any atom is -0.496 e. The predicted molar refractivity (Wildman–Crippen MR) is 106 cm³/mol. The van der Waals surface area contributed by atoms with Crippen LogP contribution in [0.25, 0.3) is 0 Å². The Labute approximate surface area is 166 Å². The van der Waals surface area contributed by atoms with E-state index >= 15 is 0 Å². The number of rotatable bonds is 4. The summed E-state index contributed by atoms with van der Waals surface area (Å²) < 4.78 is 10.4. The lowest BCUT2D eigenvalue weighted by Gasteiger charge is -2.16. The summed E-state index contributed by atoms with van der Waals surface area (Å²) in [6, 6.07) is 13.7. The van der Waals surface area contributed by atoms with Crippen molar-refractivity contribution in [2.45, 2.75) is 6.42 Å². The molecule has 0 saturated heterocycles. The maximum absolute atomic E-state index is 12.6. The fraction of sp³-hybridized carbons (Fsp3) is 0.143. The summed E-state index contributed by atoms with van der Waals surface area (Å²) >= 11 is 6.00. The van der Waals surface area contributed by atoms with Crippen LogP contribution in [0.1, 0.15) is 26.5 Å². The molecule has 1 N–H and O–H groups in total. The number of methoxy groups -OCH3 is 1. The summed E-state index contributed by atoms with van der Waals surface area (Å²) in [6.07, 6.45) is 2.18. The molecule has 0 unspecified atom stereocenters. The Balaban J connectivity index is 1.55. The maximum atomic E-state index is 12.6. The first-order valence-corrected chi connectivity index (χ1v) is 9.08. The van der Waals surface area contributed by atoms with Gasteiger partial charge in [0.25, 0.3) is 11.8 Å². The lowest BCUT2D eigenvalue weighted by atomic mass is 10.1. The third-order valence-electron chi connectivity index (χ3n) is 4.62. The standard InChI is InChI=1S/C21H17ClN2O4/c1-27-18-7-4-14(22)12-16(18)20(25)23-15-5-6-17-13(11-15)8-9-24(17)21(26)19-3-2-10-28-19/h2-7,10-12H,8-9H2,1H3,(H,23,25). The van der Waals surface area contributed by atoms with Crippen molar-refractivity contribution in [2.75, 3.05) is 23.9 Å². The van der Waals surface area contributed by atoms with Crippen LogP contribution in [-0.4, -0.2) is 25.5 Å². The van der Waals surface area contributed by atoms with Gasteiger partial charge >= 0.3 is 0 Å². The van der Waals surface area contributed by atoms with Crippen molar-refractivity contribution in [2.24, 2.45) is 0 Å². The number of ether oxygens (including phenoxy) is 1. The van der Waals surface area contributed by atoms with Crippen molar-refractivity contribution < 1.29 is 18.7 Å². The smallest absolute Gasteiger partial charge is 0.293 e. The molecule has 28 heavy (non-hydrogen) atoms. The molecule has 4 rings (SSSR count). The molecule has 7 heteroatoms. The van der Waals surface area contributed by atoms with E-state index < -0.39 is 0 Å². The number of amides is 2. The molecule has 0 bridgehead atoms. The molecule has 1 aliphatic heterocycles. The quantitative estimate of drug-likeness (QED) is 0.709. The Morgan fingerprint density at radius 2 is 2.04 bits per heavy atom. The highest BCUT2D eigenvalue weighted by molar-refractivity contribution is 6.31. The minimum atomic E-state index is -0.319. The van der Waals surface area contributed by atoms with Crippen LogP contribution in [0.5, 0.6) is 5.75 Å². The normalized spacial score (nSPS) is 12.6. The van der Waals surface area contributed by atoms with E-state index in [0.29, 0.717) is 40.7 Å². The maximum Gasteiger partial charge on any atom is 0.293 e. The highest BCUT2D eigenvalue weighted by atomic mass is 35.5. The number of hydrogen-bond donors (Lipinski definition) is 1. The summed E-state index contributed by atoms with van der Waals surface area (Å²) in [5, 5.41) is 3.31. The number of anilines is 2. The van der Waals surface area contributed by atoms with E-state index in [9.17, 15) is 9.59 Å². The molecule has 0 fully saturated rings. The topological polar surface area (TPSA) is 71.8 Å². The number of furan rings is 1. The zero-order valence-electron chi connectivity index (χ0n) is 15.1. The largest absolute Gasteiger partial charge is 0.496 e. The fourth-order valence-corrected chi connectivity index (χ4v) is 3.45. The second kappa shape index (κ2) is 7.40. The molecule has 1 aromatic heterocycles. The summed E-state index contributed by atoms with van der Waals surface area (Å²) in [7, 11) is 1.50. The zero-order chi connectivity index (χ0) is 19.7. The monoisotopic (exact) mass is 396 g/mol. The highest BCUT2D eigenvalue weighted by Gasteiger charge is 2.27. The number of fused-ring (bicyclic) bond motifs is 1. The Morgan fingerprint density at radius 1 is 1.18 bits per heavy atom. The van der Waals surface area contributed by atoms with E-state index in [0.717, 1.165) is 11.3 Å². The van der Waals surface area contributed by atoms with Crippen molar-refractivity contribution in [1.82, 2.24) is 0 Å². The zero-order valence-corrected chi connectivity index (χ0v) is 15.8. The van der Waals surface area contributed by atoms with Gasteiger partial charge in [-0.1, -0.05) is 11.6 Å². The number of nitrogens with one attached hydrogen (secondary N) is 1. The van der Waals surface area contributed by atoms with Gasteiger partial charge in [0.2, 0.25) is 0 Å². The molecule has 1 aliphatic rings. The number of benzene rings is 2. The lowest BCUT2D eigenvalue weighted by molar-refractivity contribution is 0.0961. The number of nitrogens with zero attached hydrogens (tertiary/aromatic N) is 1. The lowest BCUT2D eigenvalue weighted by Crippen LogP contribution is -2.28. The van der Waals surface area contributed by atoms with Crippen LogP contribution in [0, 0.1) is 0 Å². The van der Waals surface area contributed by atoms with Gasteiger partial charge < -0.3 is 19.4 Å². The van der Waals surface area contributed by atoms with E-state index in [4.69, 9.17) is 20.8 Å². The predicted octanol–water partition coefficient (Wildman–Crippen LogP) is 4.40. The molecule has 2 aromatic carbocycles. The molecular weight excluding hydrogens is 380 g/mol. The molecule has 6 nitrogen and oxygen atoms in total. The number of hydrogen-bond acceptors (Lipinski definition) is 4. The van der Waals surface area contributed by atoms with Gasteiger partial charge in [-0.2, -0.15) is 0 Å². The van der Waals surface area contributed by atoms with Gasteiger partial charge in [-0.3, -0.25) is 9.59 Å². The highest BCUT2D eigenvalue weighted by Crippen LogP contribution is 2.32. The van der Waals surface area contributed by atoms with Gasteiger partial charge in [0.15, 0.2) is 5.76 Å². The molecule has 0 spiro atoms. The molecule has 0 radical (unpaired) electrons. The van der Waals surface area contributed by atoms with E-state index in [1.54, 1.807) is 41.3 Å². The second-order valence-corrected chi connectivity index (χ2v) is 6.76. The van der Waals surface area contributed by atoms with Gasteiger partial charge in [-0.25, -0.2) is 0 Å². The van der Waals surface area contributed by atoms with E-state index in [1.807, 2.05) is 12.1 Å². The third-order valence-corrected chi connectivity index (χ3v) is 4.85. The molecule has 0 saturated carbocycles. The van der Waals surface area contributed by atoms with Crippen LogP contribution < -0.4 is 15.0 Å². The van der Waals surface area contributed by atoms with E-state index in [2.05, 4.69) is 5.32 Å². The average Bonchev–Trinajstić information content (AvgIpc) is 3.37. The van der Waals surface area contributed by atoms with Gasteiger partial charge in [0.05, 0.1) is 18.9 Å². The van der Waals surface area contributed by atoms with Crippen LogP contribution >= 0.6 is 11.6 Å². The first-order chi connectivity index (χ1) is 13.6. The Kier molecular flexibility index (Phi) is 4.79. The Morgan fingerprint density at radius 3 is 2.79 bits per heavy atom. The third kappa shape index (κ3) is 3.34. The molecule has 2 heterocycles. The molecular formula is C21H17ClN2O4. The molecule has 0 atom stereocenters. The number of halogens is 1. The molecule has 3 aromatic rings. The van der Waals surface area contributed by atoms with Crippen LogP contribution in [0.15, 0.2) is 59.2 Å². The van der Waals surface area contributed by atoms with E-state index in [-0.39, 0.29) is 11.8 Å². The van der Waals surface area contributed by atoms with Crippen molar-refractivity contribution >= 4 is 34.8 Å². The van der Waals surface area contributed by atoms with Crippen LogP contribution in [0.3, 0.4) is 0 Å². The molecule has 2 amide bonds. The van der Waals surface area contributed by atoms with Gasteiger partial charge in [-0.15, -0.1) is 0 Å². The van der Waals surface area contributed by atoms with Crippen LogP contribution in [0.4, 0.5) is 11.4 Å². The average molecular weight is 397 g/mol. The van der Waals surface area contributed by atoms with Crippen molar-refractivity contribution in [3.8, 4) is 5.75 Å². The van der Waals surface area contributed by atoms with Gasteiger partial charge in [0.1, 0.15) is 5.75 Å².